The van der Waals surface area contributed by atoms with Gasteiger partial charge in [0.25, 0.3) is 0 Å². The van der Waals surface area contributed by atoms with Gasteiger partial charge < -0.3 is 4.74 Å². The van der Waals surface area contributed by atoms with Crippen molar-refractivity contribution in [3.05, 3.63) is 0 Å². The van der Waals surface area contributed by atoms with Crippen LogP contribution in [0.1, 0.15) is 72.1 Å². The van der Waals surface area contributed by atoms with Crippen molar-refractivity contribution in [1.82, 2.24) is 0 Å². The van der Waals surface area contributed by atoms with Crippen LogP contribution < -0.4 is 0 Å². The molecule has 0 fully saturated rings. The standard InChI is InChI=1S/C13H26O2/c1-4-7-9-10-12(6-3)15-13(14)11-8-5-2/h12H,4-11H2,1-3H3. The van der Waals surface area contributed by atoms with Gasteiger partial charge in [-0.05, 0) is 25.7 Å². The summed E-state index contributed by atoms with van der Waals surface area (Å²) in [5, 5.41) is 0. The molecule has 0 radical (unpaired) electrons. The average Bonchev–Trinajstić information content (AvgIpc) is 2.25. The summed E-state index contributed by atoms with van der Waals surface area (Å²) in [6.07, 6.45) is 8.36. The molecule has 1 atom stereocenters. The number of hydrogen-bond acceptors (Lipinski definition) is 2. The molecule has 0 saturated heterocycles. The highest BCUT2D eigenvalue weighted by atomic mass is 16.5. The molecule has 0 spiro atoms. The molecule has 90 valence electrons. The van der Waals surface area contributed by atoms with Crippen molar-refractivity contribution in [1.29, 1.82) is 0 Å². The van der Waals surface area contributed by atoms with Gasteiger partial charge in [-0.1, -0.05) is 40.0 Å². The lowest BCUT2D eigenvalue weighted by molar-refractivity contribution is -0.149. The van der Waals surface area contributed by atoms with E-state index in [2.05, 4.69) is 20.8 Å². The second kappa shape index (κ2) is 10.0. The van der Waals surface area contributed by atoms with Crippen LogP contribution in [0.4, 0.5) is 0 Å². The molecule has 0 aromatic carbocycles. The molecule has 0 aliphatic rings. The predicted molar refractivity (Wildman–Crippen MR) is 63.8 cm³/mol. The third-order valence-electron chi connectivity index (χ3n) is 2.62. The second-order valence-corrected chi connectivity index (χ2v) is 4.12. The van der Waals surface area contributed by atoms with Gasteiger partial charge in [0.15, 0.2) is 0 Å². The molecule has 0 aliphatic heterocycles. The minimum Gasteiger partial charge on any atom is -0.462 e. The van der Waals surface area contributed by atoms with E-state index in [-0.39, 0.29) is 12.1 Å². The van der Waals surface area contributed by atoms with Crippen LogP contribution in [0.5, 0.6) is 0 Å². The van der Waals surface area contributed by atoms with E-state index in [1.165, 1.54) is 19.3 Å². The van der Waals surface area contributed by atoms with E-state index in [0.29, 0.717) is 6.42 Å². The molecule has 0 saturated carbocycles. The minimum absolute atomic E-state index is 0.0137. The quantitative estimate of drug-likeness (QED) is 0.427. The van der Waals surface area contributed by atoms with Gasteiger partial charge in [0.1, 0.15) is 6.10 Å². The predicted octanol–water partition coefficient (Wildman–Crippen LogP) is 4.08. The van der Waals surface area contributed by atoms with Crippen LogP contribution in [0.2, 0.25) is 0 Å². The molecule has 15 heavy (non-hydrogen) atoms. The van der Waals surface area contributed by atoms with Crippen molar-refractivity contribution in [2.24, 2.45) is 0 Å². The fourth-order valence-corrected chi connectivity index (χ4v) is 1.53. The zero-order chi connectivity index (χ0) is 11.5. The van der Waals surface area contributed by atoms with E-state index in [1.54, 1.807) is 0 Å². The first-order valence-corrected chi connectivity index (χ1v) is 6.44. The van der Waals surface area contributed by atoms with Gasteiger partial charge in [-0.3, -0.25) is 4.79 Å². The van der Waals surface area contributed by atoms with Crippen molar-refractivity contribution in [2.45, 2.75) is 78.2 Å². The van der Waals surface area contributed by atoms with Gasteiger partial charge in [0.2, 0.25) is 0 Å². The van der Waals surface area contributed by atoms with Crippen molar-refractivity contribution in [3.63, 3.8) is 0 Å². The van der Waals surface area contributed by atoms with Crippen LogP contribution in [-0.4, -0.2) is 12.1 Å². The first-order valence-electron chi connectivity index (χ1n) is 6.44. The molecular weight excluding hydrogens is 188 g/mol. The summed E-state index contributed by atoms with van der Waals surface area (Å²) >= 11 is 0. The lowest BCUT2D eigenvalue weighted by atomic mass is 10.1. The number of esters is 1. The first kappa shape index (κ1) is 14.5. The first-order chi connectivity index (χ1) is 7.24. The summed E-state index contributed by atoms with van der Waals surface area (Å²) in [6.45, 7) is 6.36. The lowest BCUT2D eigenvalue weighted by Gasteiger charge is -2.15. The highest BCUT2D eigenvalue weighted by molar-refractivity contribution is 5.69. The van der Waals surface area contributed by atoms with Gasteiger partial charge in [-0.2, -0.15) is 0 Å². The molecular formula is C13H26O2. The van der Waals surface area contributed by atoms with Gasteiger partial charge in [-0.25, -0.2) is 0 Å². The van der Waals surface area contributed by atoms with E-state index < -0.39 is 0 Å². The van der Waals surface area contributed by atoms with Gasteiger partial charge in [-0.15, -0.1) is 0 Å². The van der Waals surface area contributed by atoms with Gasteiger partial charge in [0.05, 0.1) is 0 Å². The maximum atomic E-state index is 11.4. The normalized spacial score (nSPS) is 12.5. The summed E-state index contributed by atoms with van der Waals surface area (Å²) in [5.41, 5.74) is 0. The summed E-state index contributed by atoms with van der Waals surface area (Å²) in [6, 6.07) is 0. The maximum Gasteiger partial charge on any atom is 0.306 e. The zero-order valence-corrected chi connectivity index (χ0v) is 10.6. The molecule has 0 bridgehead atoms. The number of hydrogen-bond donors (Lipinski definition) is 0. The van der Waals surface area contributed by atoms with Gasteiger partial charge >= 0.3 is 5.97 Å². The topological polar surface area (TPSA) is 26.3 Å². The smallest absolute Gasteiger partial charge is 0.306 e. The second-order valence-electron chi connectivity index (χ2n) is 4.12. The molecule has 0 aromatic rings. The Kier molecular flexibility index (Phi) is 9.65. The Morgan fingerprint density at radius 1 is 1.07 bits per heavy atom. The summed E-state index contributed by atoms with van der Waals surface area (Å²) in [4.78, 5) is 11.4. The number of carbonyl (C=O) groups is 1. The fourth-order valence-electron chi connectivity index (χ4n) is 1.53. The molecule has 2 heteroatoms. The van der Waals surface area contributed by atoms with E-state index in [0.717, 1.165) is 25.7 Å². The Hall–Kier alpha value is -0.530. The molecule has 0 rings (SSSR count). The lowest BCUT2D eigenvalue weighted by Crippen LogP contribution is -2.17. The SMILES string of the molecule is CCCCCC(CC)OC(=O)CCCC. The average molecular weight is 214 g/mol. The van der Waals surface area contributed by atoms with Crippen molar-refractivity contribution >= 4 is 5.97 Å². The molecule has 0 aliphatic carbocycles. The van der Waals surface area contributed by atoms with Crippen LogP contribution in [0.25, 0.3) is 0 Å². The highest BCUT2D eigenvalue weighted by Gasteiger charge is 2.11. The van der Waals surface area contributed by atoms with E-state index in [4.69, 9.17) is 4.74 Å². The Bertz CT molecular complexity index is 155. The third kappa shape index (κ3) is 8.46. The fraction of sp³-hybridized carbons (Fsp3) is 0.923. The third-order valence-corrected chi connectivity index (χ3v) is 2.62. The van der Waals surface area contributed by atoms with Crippen molar-refractivity contribution in [3.8, 4) is 0 Å². The van der Waals surface area contributed by atoms with E-state index >= 15 is 0 Å². The highest BCUT2D eigenvalue weighted by Crippen LogP contribution is 2.11. The Balaban J connectivity index is 3.62. The molecule has 1 unspecified atom stereocenters. The number of carbonyl (C=O) groups excluding carboxylic acids is 1. The number of ether oxygens (including phenoxy) is 1. The van der Waals surface area contributed by atoms with Crippen LogP contribution in [0.3, 0.4) is 0 Å². The van der Waals surface area contributed by atoms with E-state index in [9.17, 15) is 4.79 Å². The van der Waals surface area contributed by atoms with Crippen molar-refractivity contribution in [2.75, 3.05) is 0 Å². The molecule has 2 nitrogen and oxygen atoms in total. The number of unbranched alkanes of at least 4 members (excludes halogenated alkanes) is 3. The molecule has 0 heterocycles. The van der Waals surface area contributed by atoms with Crippen LogP contribution in [0, 0.1) is 0 Å². The maximum absolute atomic E-state index is 11.4. The van der Waals surface area contributed by atoms with Crippen molar-refractivity contribution < 1.29 is 9.53 Å². The largest absolute Gasteiger partial charge is 0.462 e. The van der Waals surface area contributed by atoms with Crippen LogP contribution >= 0.6 is 0 Å². The molecule has 0 amide bonds. The summed E-state index contributed by atoms with van der Waals surface area (Å²) < 4.78 is 5.41. The van der Waals surface area contributed by atoms with E-state index in [1.807, 2.05) is 0 Å². The minimum atomic E-state index is -0.0137. The Morgan fingerprint density at radius 2 is 1.73 bits per heavy atom. The van der Waals surface area contributed by atoms with Crippen LogP contribution in [-0.2, 0) is 9.53 Å². The number of rotatable bonds is 9. The summed E-state index contributed by atoms with van der Waals surface area (Å²) in [7, 11) is 0. The van der Waals surface area contributed by atoms with Gasteiger partial charge in [0, 0.05) is 6.42 Å². The Morgan fingerprint density at radius 3 is 2.27 bits per heavy atom. The molecule has 0 N–H and O–H groups in total. The zero-order valence-electron chi connectivity index (χ0n) is 10.6. The molecule has 0 aromatic heterocycles. The van der Waals surface area contributed by atoms with Crippen LogP contribution in [0.15, 0.2) is 0 Å². The summed E-state index contributed by atoms with van der Waals surface area (Å²) in [5.74, 6) is -0.0137. The Labute approximate surface area is 94.4 Å². The monoisotopic (exact) mass is 214 g/mol.